The van der Waals surface area contributed by atoms with E-state index in [1.54, 1.807) is 0 Å². The Balaban J connectivity index is 3.23. The predicted molar refractivity (Wildman–Crippen MR) is 106 cm³/mol. The minimum absolute atomic E-state index is 0.544. The Morgan fingerprint density at radius 3 is 1.87 bits per heavy atom. The Labute approximate surface area is 155 Å². The van der Waals surface area contributed by atoms with E-state index >= 15 is 0 Å². The molecule has 23 heavy (non-hydrogen) atoms. The summed E-state index contributed by atoms with van der Waals surface area (Å²) < 4.78 is 1.29. The van der Waals surface area contributed by atoms with E-state index in [0.717, 1.165) is 19.3 Å². The molecule has 5 heteroatoms. The molecule has 0 aliphatic carbocycles. The SMILES string of the molecule is CNC(=O)C(=O)NCCCCC=CCCCCCCCCCI. The van der Waals surface area contributed by atoms with E-state index in [0.29, 0.717) is 6.54 Å². The van der Waals surface area contributed by atoms with Gasteiger partial charge in [0.15, 0.2) is 0 Å². The van der Waals surface area contributed by atoms with Gasteiger partial charge in [-0.15, -0.1) is 0 Å². The van der Waals surface area contributed by atoms with Gasteiger partial charge >= 0.3 is 11.8 Å². The van der Waals surface area contributed by atoms with Crippen molar-refractivity contribution in [3.05, 3.63) is 12.2 Å². The lowest BCUT2D eigenvalue weighted by atomic mass is 10.1. The van der Waals surface area contributed by atoms with E-state index in [4.69, 9.17) is 0 Å². The monoisotopic (exact) mass is 436 g/mol. The van der Waals surface area contributed by atoms with Crippen LogP contribution in [0, 0.1) is 0 Å². The van der Waals surface area contributed by atoms with Gasteiger partial charge in [0, 0.05) is 13.6 Å². The smallest absolute Gasteiger partial charge is 0.309 e. The molecule has 0 aromatic heterocycles. The fourth-order valence-electron chi connectivity index (χ4n) is 2.26. The van der Waals surface area contributed by atoms with E-state index in [1.165, 1.54) is 62.8 Å². The van der Waals surface area contributed by atoms with Crippen LogP contribution in [0.15, 0.2) is 12.2 Å². The quantitative estimate of drug-likeness (QED) is 0.141. The van der Waals surface area contributed by atoms with Crippen molar-refractivity contribution in [1.82, 2.24) is 10.6 Å². The highest BCUT2D eigenvalue weighted by Gasteiger charge is 2.08. The van der Waals surface area contributed by atoms with Crippen LogP contribution in [-0.2, 0) is 9.59 Å². The van der Waals surface area contributed by atoms with Crippen LogP contribution >= 0.6 is 22.6 Å². The molecular weight excluding hydrogens is 403 g/mol. The highest BCUT2D eigenvalue weighted by molar-refractivity contribution is 14.1. The topological polar surface area (TPSA) is 58.2 Å². The molecule has 0 atom stereocenters. The van der Waals surface area contributed by atoms with Crippen LogP contribution in [0.4, 0.5) is 0 Å². The number of nitrogens with one attached hydrogen (secondary N) is 2. The van der Waals surface area contributed by atoms with Gasteiger partial charge in [0.1, 0.15) is 0 Å². The number of halogens is 1. The molecule has 0 saturated carbocycles. The molecule has 0 bridgehead atoms. The van der Waals surface area contributed by atoms with E-state index in [2.05, 4.69) is 45.4 Å². The highest BCUT2D eigenvalue weighted by atomic mass is 127. The third-order valence-electron chi connectivity index (χ3n) is 3.69. The first-order valence-corrected chi connectivity index (χ1v) is 10.5. The molecule has 134 valence electrons. The van der Waals surface area contributed by atoms with Gasteiger partial charge in [-0.3, -0.25) is 9.59 Å². The third-order valence-corrected chi connectivity index (χ3v) is 4.45. The summed E-state index contributed by atoms with van der Waals surface area (Å²) in [5.74, 6) is -1.12. The molecule has 0 unspecified atom stereocenters. The first-order chi connectivity index (χ1) is 11.2. The zero-order chi connectivity index (χ0) is 17.2. The van der Waals surface area contributed by atoms with E-state index in [9.17, 15) is 9.59 Å². The van der Waals surface area contributed by atoms with Crippen molar-refractivity contribution in [3.63, 3.8) is 0 Å². The molecule has 0 aliphatic rings. The molecule has 0 spiro atoms. The predicted octanol–water partition coefficient (Wildman–Crippen LogP) is 4.13. The summed E-state index contributed by atoms with van der Waals surface area (Å²) in [5.41, 5.74) is 0. The molecule has 0 heterocycles. The van der Waals surface area contributed by atoms with Crippen molar-refractivity contribution in [3.8, 4) is 0 Å². The van der Waals surface area contributed by atoms with Gasteiger partial charge in [-0.2, -0.15) is 0 Å². The lowest BCUT2D eigenvalue weighted by molar-refractivity contribution is -0.138. The lowest BCUT2D eigenvalue weighted by Crippen LogP contribution is -2.38. The maximum absolute atomic E-state index is 11.2. The number of carbonyl (C=O) groups excluding carboxylic acids is 2. The second-order valence-electron chi connectivity index (χ2n) is 5.75. The molecule has 2 amide bonds. The van der Waals surface area contributed by atoms with Crippen molar-refractivity contribution in [2.75, 3.05) is 18.0 Å². The fraction of sp³-hybridized carbons (Fsp3) is 0.778. The van der Waals surface area contributed by atoms with Crippen LogP contribution in [0.2, 0.25) is 0 Å². The lowest BCUT2D eigenvalue weighted by Gasteiger charge is -2.02. The highest BCUT2D eigenvalue weighted by Crippen LogP contribution is 2.09. The number of alkyl halides is 1. The van der Waals surface area contributed by atoms with Crippen LogP contribution in [0.5, 0.6) is 0 Å². The second-order valence-corrected chi connectivity index (χ2v) is 6.83. The van der Waals surface area contributed by atoms with Crippen LogP contribution in [0.1, 0.15) is 70.6 Å². The first kappa shape index (κ1) is 22.4. The number of rotatable bonds is 14. The van der Waals surface area contributed by atoms with Crippen LogP contribution in [0.25, 0.3) is 0 Å². The minimum Gasteiger partial charge on any atom is -0.351 e. The van der Waals surface area contributed by atoms with E-state index in [-0.39, 0.29) is 0 Å². The van der Waals surface area contributed by atoms with Crippen molar-refractivity contribution < 1.29 is 9.59 Å². The van der Waals surface area contributed by atoms with Gasteiger partial charge in [-0.05, 0) is 43.0 Å². The van der Waals surface area contributed by atoms with Gasteiger partial charge in [-0.25, -0.2) is 0 Å². The number of hydrogen-bond acceptors (Lipinski definition) is 2. The molecule has 0 saturated heterocycles. The molecule has 0 aromatic rings. The number of amides is 2. The van der Waals surface area contributed by atoms with Crippen LogP contribution in [0.3, 0.4) is 0 Å². The summed E-state index contributed by atoms with van der Waals surface area (Å²) >= 11 is 2.45. The molecule has 0 radical (unpaired) electrons. The fourth-order valence-corrected chi connectivity index (χ4v) is 2.80. The summed E-state index contributed by atoms with van der Waals surface area (Å²) in [4.78, 5) is 22.1. The Kier molecular flexibility index (Phi) is 17.3. The largest absolute Gasteiger partial charge is 0.351 e. The third kappa shape index (κ3) is 16.1. The summed E-state index contributed by atoms with van der Waals surface area (Å²) in [6.07, 6.45) is 18.3. The van der Waals surface area contributed by atoms with Crippen molar-refractivity contribution in [2.24, 2.45) is 0 Å². The van der Waals surface area contributed by atoms with Gasteiger partial charge in [-0.1, -0.05) is 66.8 Å². The standard InChI is InChI=1S/C18H33IN2O2/c1-20-17(22)18(23)21-16-14-12-10-8-6-4-2-3-5-7-9-11-13-15-19/h6,8H,2-5,7,9-16H2,1H3,(H,20,22)(H,21,23). The maximum Gasteiger partial charge on any atom is 0.309 e. The molecule has 0 rings (SSSR count). The average molecular weight is 436 g/mol. The molecule has 0 aromatic carbocycles. The molecule has 4 nitrogen and oxygen atoms in total. The van der Waals surface area contributed by atoms with Crippen molar-refractivity contribution >= 4 is 34.4 Å². The normalized spacial score (nSPS) is 10.9. The maximum atomic E-state index is 11.2. The second kappa shape index (κ2) is 17.8. The van der Waals surface area contributed by atoms with Crippen molar-refractivity contribution in [2.45, 2.75) is 70.6 Å². The Bertz CT molecular complexity index is 333. The van der Waals surface area contributed by atoms with Gasteiger partial charge < -0.3 is 10.6 Å². The number of unbranched alkanes of at least 4 members (excludes halogenated alkanes) is 9. The Hall–Kier alpha value is -0.590. The molecule has 0 fully saturated rings. The van der Waals surface area contributed by atoms with Crippen LogP contribution in [-0.4, -0.2) is 29.8 Å². The van der Waals surface area contributed by atoms with Gasteiger partial charge in [0.2, 0.25) is 0 Å². The average Bonchev–Trinajstić information content (AvgIpc) is 2.57. The number of carbonyl (C=O) groups is 2. The summed E-state index contributed by atoms with van der Waals surface area (Å²) in [5, 5.41) is 4.91. The summed E-state index contributed by atoms with van der Waals surface area (Å²) in [7, 11) is 1.46. The van der Waals surface area contributed by atoms with Crippen molar-refractivity contribution in [1.29, 1.82) is 0 Å². The molecule has 0 aliphatic heterocycles. The van der Waals surface area contributed by atoms with E-state index < -0.39 is 11.8 Å². The number of hydrogen-bond donors (Lipinski definition) is 2. The zero-order valence-corrected chi connectivity index (χ0v) is 16.7. The minimum atomic E-state index is -0.574. The van der Waals surface area contributed by atoms with Gasteiger partial charge in [0.05, 0.1) is 0 Å². The van der Waals surface area contributed by atoms with Gasteiger partial charge in [0.25, 0.3) is 0 Å². The van der Waals surface area contributed by atoms with Crippen LogP contribution < -0.4 is 10.6 Å². The number of likely N-dealkylation sites (N-methyl/N-ethyl adjacent to an activating group) is 1. The number of allylic oxidation sites excluding steroid dienone is 2. The Morgan fingerprint density at radius 1 is 0.783 bits per heavy atom. The first-order valence-electron chi connectivity index (χ1n) is 8.93. The summed E-state index contributed by atoms with van der Waals surface area (Å²) in [6.45, 7) is 0.567. The molecule has 2 N–H and O–H groups in total. The summed E-state index contributed by atoms with van der Waals surface area (Å²) in [6, 6.07) is 0. The van der Waals surface area contributed by atoms with E-state index in [1.807, 2.05) is 0 Å². The Morgan fingerprint density at radius 2 is 1.30 bits per heavy atom. The zero-order valence-electron chi connectivity index (χ0n) is 14.5. The molecular formula is C18H33IN2O2.